The zero-order valence-corrected chi connectivity index (χ0v) is 9.21. The summed E-state index contributed by atoms with van der Waals surface area (Å²) >= 11 is 5.52. The van der Waals surface area contributed by atoms with Crippen LogP contribution in [0.25, 0.3) is 0 Å². The highest BCUT2D eigenvalue weighted by Gasteiger charge is 2.12. The molecular weight excluding hydrogens is 198 g/mol. The molecule has 1 aliphatic rings. The molecule has 0 heterocycles. The third-order valence-electron chi connectivity index (χ3n) is 1.96. The van der Waals surface area contributed by atoms with Crippen molar-refractivity contribution >= 4 is 16.8 Å². The molecule has 0 spiro atoms. The van der Waals surface area contributed by atoms with Crippen LogP contribution < -0.4 is 0 Å². The van der Waals surface area contributed by atoms with Crippen molar-refractivity contribution in [2.45, 2.75) is 12.8 Å². The number of nitrogens with zero attached hydrogens (tertiary/aromatic N) is 1. The summed E-state index contributed by atoms with van der Waals surface area (Å²) in [6, 6.07) is 0. The van der Waals surface area contributed by atoms with Crippen LogP contribution in [0.5, 0.6) is 0 Å². The van der Waals surface area contributed by atoms with Gasteiger partial charge in [0.05, 0.1) is 5.57 Å². The smallest absolute Gasteiger partial charge is 0.254 e. The third kappa shape index (κ3) is 3.04. The van der Waals surface area contributed by atoms with E-state index in [0.717, 1.165) is 18.4 Å². The predicted molar refractivity (Wildman–Crippen MR) is 59.1 cm³/mol. The average molecular weight is 212 g/mol. The monoisotopic (exact) mass is 211 g/mol. The van der Waals surface area contributed by atoms with Gasteiger partial charge < -0.3 is 4.90 Å². The molecule has 0 aliphatic heterocycles. The molecule has 1 rings (SSSR count). The maximum atomic E-state index is 11.2. The summed E-state index contributed by atoms with van der Waals surface area (Å²) in [5, 5.41) is -0.389. The second-order valence-electron chi connectivity index (χ2n) is 3.44. The molecule has 0 atom stereocenters. The molecule has 0 radical (unpaired) electrons. The SMILES string of the molecule is CN(C)/C=C(/C(=O)Cl)C1=CC=CCC1. The van der Waals surface area contributed by atoms with Crippen LogP contribution in [0.1, 0.15) is 12.8 Å². The summed E-state index contributed by atoms with van der Waals surface area (Å²) in [6.07, 6.45) is 9.60. The van der Waals surface area contributed by atoms with E-state index in [9.17, 15) is 4.79 Å². The van der Waals surface area contributed by atoms with Crippen molar-refractivity contribution in [2.24, 2.45) is 0 Å². The van der Waals surface area contributed by atoms with E-state index < -0.39 is 0 Å². The number of carbonyl (C=O) groups is 1. The fourth-order valence-corrected chi connectivity index (χ4v) is 1.52. The van der Waals surface area contributed by atoms with E-state index in [1.807, 2.05) is 31.1 Å². The van der Waals surface area contributed by atoms with Crippen LogP contribution in [0.4, 0.5) is 0 Å². The zero-order chi connectivity index (χ0) is 10.6. The Bertz CT molecular complexity index is 313. The van der Waals surface area contributed by atoms with Crippen molar-refractivity contribution in [3.8, 4) is 0 Å². The van der Waals surface area contributed by atoms with E-state index in [4.69, 9.17) is 11.6 Å². The molecule has 0 amide bonds. The molecule has 2 nitrogen and oxygen atoms in total. The topological polar surface area (TPSA) is 20.3 Å². The molecule has 0 saturated carbocycles. The lowest BCUT2D eigenvalue weighted by molar-refractivity contribution is -0.108. The Kier molecular flexibility index (Phi) is 3.96. The fourth-order valence-electron chi connectivity index (χ4n) is 1.35. The summed E-state index contributed by atoms with van der Waals surface area (Å²) in [5.41, 5.74) is 1.61. The Morgan fingerprint density at radius 3 is 2.71 bits per heavy atom. The van der Waals surface area contributed by atoms with Crippen molar-refractivity contribution in [3.63, 3.8) is 0 Å². The highest BCUT2D eigenvalue weighted by atomic mass is 35.5. The first kappa shape index (κ1) is 11.1. The van der Waals surface area contributed by atoms with Crippen LogP contribution in [0.15, 0.2) is 35.6 Å². The van der Waals surface area contributed by atoms with E-state index in [2.05, 4.69) is 6.08 Å². The Morgan fingerprint density at radius 1 is 1.57 bits per heavy atom. The van der Waals surface area contributed by atoms with Crippen molar-refractivity contribution in [1.29, 1.82) is 0 Å². The molecule has 0 saturated heterocycles. The highest BCUT2D eigenvalue weighted by molar-refractivity contribution is 6.68. The van der Waals surface area contributed by atoms with E-state index in [-0.39, 0.29) is 5.24 Å². The largest absolute Gasteiger partial charge is 0.383 e. The molecule has 0 N–H and O–H groups in total. The highest BCUT2D eigenvalue weighted by Crippen LogP contribution is 2.22. The first-order valence-corrected chi connectivity index (χ1v) is 4.93. The predicted octanol–water partition coefficient (Wildman–Crippen LogP) is 2.47. The van der Waals surface area contributed by atoms with Crippen LogP contribution in [0.3, 0.4) is 0 Å². The molecule has 1 aliphatic carbocycles. The molecule has 0 fully saturated rings. The van der Waals surface area contributed by atoms with Crippen LogP contribution in [0.2, 0.25) is 0 Å². The second-order valence-corrected chi connectivity index (χ2v) is 3.78. The molecular formula is C11H14ClNO. The number of halogens is 1. The van der Waals surface area contributed by atoms with Crippen LogP contribution in [0, 0.1) is 0 Å². The number of hydrogen-bond acceptors (Lipinski definition) is 2. The van der Waals surface area contributed by atoms with E-state index >= 15 is 0 Å². The maximum absolute atomic E-state index is 11.2. The summed E-state index contributed by atoms with van der Waals surface area (Å²) in [4.78, 5) is 13.0. The minimum absolute atomic E-state index is 0.389. The lowest BCUT2D eigenvalue weighted by Crippen LogP contribution is -2.08. The van der Waals surface area contributed by atoms with Crippen molar-refractivity contribution < 1.29 is 4.79 Å². The standard InChI is InChI=1S/C11H14ClNO/c1-13(2)8-10(11(12)14)9-6-4-3-5-7-9/h3-4,6,8H,5,7H2,1-2H3/b10-8+. The summed E-state index contributed by atoms with van der Waals surface area (Å²) in [7, 11) is 3.75. The van der Waals surface area contributed by atoms with Crippen LogP contribution >= 0.6 is 11.6 Å². The van der Waals surface area contributed by atoms with Gasteiger partial charge in [-0.2, -0.15) is 0 Å². The molecule has 0 aromatic rings. The minimum Gasteiger partial charge on any atom is -0.383 e. The van der Waals surface area contributed by atoms with Gasteiger partial charge in [0, 0.05) is 20.3 Å². The minimum atomic E-state index is -0.389. The zero-order valence-electron chi connectivity index (χ0n) is 8.46. The Labute approximate surface area is 89.5 Å². The maximum Gasteiger partial charge on any atom is 0.254 e. The lowest BCUT2D eigenvalue weighted by atomic mass is 9.98. The molecule has 14 heavy (non-hydrogen) atoms. The Balaban J connectivity index is 2.93. The van der Waals surface area contributed by atoms with Crippen LogP contribution in [-0.4, -0.2) is 24.2 Å². The van der Waals surface area contributed by atoms with Crippen molar-refractivity contribution in [1.82, 2.24) is 4.90 Å². The van der Waals surface area contributed by atoms with Gasteiger partial charge in [-0.15, -0.1) is 0 Å². The fraction of sp³-hybridized carbons (Fsp3) is 0.364. The normalized spacial score (nSPS) is 16.5. The number of carbonyl (C=O) groups excluding carboxylic acids is 1. The van der Waals surface area contributed by atoms with Gasteiger partial charge >= 0.3 is 0 Å². The quantitative estimate of drug-likeness (QED) is 0.528. The number of rotatable bonds is 3. The Hall–Kier alpha value is -1.02. The van der Waals surface area contributed by atoms with Gasteiger partial charge in [-0.3, -0.25) is 4.79 Å². The third-order valence-corrected chi connectivity index (χ3v) is 2.16. The lowest BCUT2D eigenvalue weighted by Gasteiger charge is -2.13. The molecule has 3 heteroatoms. The average Bonchev–Trinajstić information content (AvgIpc) is 2.15. The molecule has 0 bridgehead atoms. The van der Waals surface area contributed by atoms with E-state index in [0.29, 0.717) is 5.57 Å². The first-order chi connectivity index (χ1) is 6.61. The van der Waals surface area contributed by atoms with Crippen molar-refractivity contribution in [3.05, 3.63) is 35.6 Å². The Morgan fingerprint density at radius 2 is 2.29 bits per heavy atom. The van der Waals surface area contributed by atoms with Gasteiger partial charge in [-0.1, -0.05) is 18.2 Å². The van der Waals surface area contributed by atoms with Gasteiger partial charge in [0.2, 0.25) is 0 Å². The van der Waals surface area contributed by atoms with Gasteiger partial charge in [-0.05, 0) is 30.0 Å². The van der Waals surface area contributed by atoms with Crippen molar-refractivity contribution in [2.75, 3.05) is 14.1 Å². The summed E-state index contributed by atoms with van der Waals surface area (Å²) in [6.45, 7) is 0. The number of hydrogen-bond donors (Lipinski definition) is 0. The molecule has 0 aromatic heterocycles. The van der Waals surface area contributed by atoms with Crippen LogP contribution in [-0.2, 0) is 4.79 Å². The van der Waals surface area contributed by atoms with Gasteiger partial charge in [0.1, 0.15) is 0 Å². The molecule has 76 valence electrons. The second kappa shape index (κ2) is 5.01. The first-order valence-electron chi connectivity index (χ1n) is 4.55. The summed E-state index contributed by atoms with van der Waals surface area (Å²) < 4.78 is 0. The van der Waals surface area contributed by atoms with Gasteiger partial charge in [0.15, 0.2) is 0 Å². The van der Waals surface area contributed by atoms with Gasteiger partial charge in [-0.25, -0.2) is 0 Å². The number of allylic oxidation sites excluding steroid dienone is 5. The van der Waals surface area contributed by atoms with Gasteiger partial charge in [0.25, 0.3) is 5.24 Å². The summed E-state index contributed by atoms with van der Waals surface area (Å²) in [5.74, 6) is 0. The van der Waals surface area contributed by atoms with E-state index in [1.165, 1.54) is 0 Å². The molecule has 0 aromatic carbocycles. The molecule has 0 unspecified atom stereocenters. The van der Waals surface area contributed by atoms with E-state index in [1.54, 1.807) is 6.20 Å².